The lowest BCUT2D eigenvalue weighted by atomic mass is 10.3. The summed E-state index contributed by atoms with van der Waals surface area (Å²) in [6, 6.07) is 6.12. The van der Waals surface area contributed by atoms with Crippen LogP contribution in [0.15, 0.2) is 24.3 Å². The van der Waals surface area contributed by atoms with E-state index >= 15 is 0 Å². The molecule has 21 heavy (non-hydrogen) atoms. The number of carboxylic acids is 1. The number of hydrogen-bond acceptors (Lipinski definition) is 5. The molecule has 1 heterocycles. The zero-order valence-corrected chi connectivity index (χ0v) is 12.0. The van der Waals surface area contributed by atoms with E-state index < -0.39 is 22.8 Å². The lowest BCUT2D eigenvalue weighted by Crippen LogP contribution is -2.43. The van der Waals surface area contributed by atoms with Crippen LogP contribution in [0, 0.1) is 0 Å². The van der Waals surface area contributed by atoms with Crippen LogP contribution >= 0.6 is 0 Å². The first-order valence-corrected chi connectivity index (χ1v) is 7.72. The van der Waals surface area contributed by atoms with E-state index in [0.29, 0.717) is 32.0 Å². The van der Waals surface area contributed by atoms with Gasteiger partial charge in [0.25, 0.3) is 0 Å². The van der Waals surface area contributed by atoms with Crippen molar-refractivity contribution >= 4 is 21.9 Å². The van der Waals surface area contributed by atoms with Gasteiger partial charge in [0.2, 0.25) is 0 Å². The first kappa shape index (κ1) is 15.5. The summed E-state index contributed by atoms with van der Waals surface area (Å²) in [6.07, 6.45) is 0. The monoisotopic (exact) mass is 316 g/mol. The van der Waals surface area contributed by atoms with Crippen LogP contribution < -0.4 is 9.46 Å². The van der Waals surface area contributed by atoms with E-state index in [-0.39, 0.29) is 5.75 Å². The molecule has 1 aromatic carbocycles. The van der Waals surface area contributed by atoms with Gasteiger partial charge in [-0.05, 0) is 12.1 Å². The van der Waals surface area contributed by atoms with Crippen molar-refractivity contribution in [3.63, 3.8) is 0 Å². The molecule has 0 radical (unpaired) electrons. The van der Waals surface area contributed by atoms with Crippen LogP contribution in [0.5, 0.6) is 5.75 Å². The molecule has 0 spiro atoms. The van der Waals surface area contributed by atoms with Gasteiger partial charge in [-0.1, -0.05) is 6.07 Å². The van der Waals surface area contributed by atoms with E-state index in [1.807, 2.05) is 0 Å². The molecule has 116 valence electrons. The molecule has 0 saturated carbocycles. The summed E-state index contributed by atoms with van der Waals surface area (Å²) in [5.41, 5.74) is 0.310. The fourth-order valence-corrected chi connectivity index (χ4v) is 2.98. The van der Waals surface area contributed by atoms with E-state index in [0.717, 1.165) is 0 Å². The summed E-state index contributed by atoms with van der Waals surface area (Å²) in [7, 11) is -3.65. The van der Waals surface area contributed by atoms with Crippen LogP contribution in [0.25, 0.3) is 0 Å². The number of anilines is 1. The van der Waals surface area contributed by atoms with E-state index in [1.165, 1.54) is 10.4 Å². The number of ether oxygens (including phenoxy) is 2. The number of nitrogens with one attached hydrogen (secondary N) is 1. The van der Waals surface area contributed by atoms with Crippen LogP contribution in [0.4, 0.5) is 5.69 Å². The third kappa shape index (κ3) is 4.59. The van der Waals surface area contributed by atoms with Crippen molar-refractivity contribution in [1.29, 1.82) is 0 Å². The Bertz CT molecular complexity index is 598. The Labute approximate surface area is 122 Å². The Balaban J connectivity index is 2.04. The zero-order valence-electron chi connectivity index (χ0n) is 11.2. The number of carbonyl (C=O) groups is 1. The summed E-state index contributed by atoms with van der Waals surface area (Å²) in [5.74, 6) is -0.825. The molecule has 0 amide bonds. The topological polar surface area (TPSA) is 105 Å². The molecule has 0 aromatic heterocycles. The molecule has 1 aliphatic rings. The molecule has 9 heteroatoms. The van der Waals surface area contributed by atoms with E-state index in [9.17, 15) is 13.2 Å². The Morgan fingerprint density at radius 1 is 1.38 bits per heavy atom. The second kappa shape index (κ2) is 6.74. The molecular weight excluding hydrogens is 300 g/mol. The van der Waals surface area contributed by atoms with Crippen molar-refractivity contribution in [2.45, 2.75) is 0 Å². The lowest BCUT2D eigenvalue weighted by Gasteiger charge is -2.26. The van der Waals surface area contributed by atoms with Crippen molar-refractivity contribution in [3.05, 3.63) is 24.3 Å². The maximum atomic E-state index is 12.2. The van der Waals surface area contributed by atoms with Gasteiger partial charge in [-0.15, -0.1) is 0 Å². The fourth-order valence-electron chi connectivity index (χ4n) is 1.79. The summed E-state index contributed by atoms with van der Waals surface area (Å²) in [6.45, 7) is 0.833. The zero-order chi connectivity index (χ0) is 15.3. The molecule has 1 saturated heterocycles. The molecular formula is C12H16N2O6S. The van der Waals surface area contributed by atoms with Crippen molar-refractivity contribution in [2.24, 2.45) is 0 Å². The number of aliphatic carboxylic acids is 1. The normalized spacial score (nSPS) is 16.4. The summed E-state index contributed by atoms with van der Waals surface area (Å²) < 4.78 is 38.1. The van der Waals surface area contributed by atoms with Gasteiger partial charge in [0, 0.05) is 19.2 Å². The Hall–Kier alpha value is -1.84. The van der Waals surface area contributed by atoms with Gasteiger partial charge >= 0.3 is 16.2 Å². The third-order valence-corrected chi connectivity index (χ3v) is 4.29. The van der Waals surface area contributed by atoms with Gasteiger partial charge in [-0.2, -0.15) is 12.7 Å². The van der Waals surface area contributed by atoms with Crippen LogP contribution in [-0.2, 0) is 19.7 Å². The number of hydrogen-bond donors (Lipinski definition) is 2. The standard InChI is InChI=1S/C12H16N2O6S/c15-12(16)9-20-11-3-1-2-10(8-11)13-21(17,18)14-4-6-19-7-5-14/h1-3,8,13H,4-7,9H2,(H,15,16). The van der Waals surface area contributed by atoms with Crippen LogP contribution in [-0.4, -0.2) is 56.7 Å². The van der Waals surface area contributed by atoms with E-state index in [1.54, 1.807) is 18.2 Å². The quantitative estimate of drug-likeness (QED) is 0.773. The highest BCUT2D eigenvalue weighted by molar-refractivity contribution is 7.90. The highest BCUT2D eigenvalue weighted by Gasteiger charge is 2.24. The van der Waals surface area contributed by atoms with Gasteiger partial charge in [0.05, 0.1) is 18.9 Å². The largest absolute Gasteiger partial charge is 0.482 e. The number of benzene rings is 1. The average molecular weight is 316 g/mol. The fraction of sp³-hybridized carbons (Fsp3) is 0.417. The van der Waals surface area contributed by atoms with Gasteiger partial charge in [-0.25, -0.2) is 4.79 Å². The number of carboxylic acid groups (broad SMARTS) is 1. The summed E-state index contributed by atoms with van der Waals surface area (Å²) in [5, 5.41) is 8.55. The van der Waals surface area contributed by atoms with Crippen molar-refractivity contribution in [1.82, 2.24) is 4.31 Å². The second-order valence-electron chi connectivity index (χ2n) is 4.33. The van der Waals surface area contributed by atoms with Crippen molar-refractivity contribution in [3.8, 4) is 5.75 Å². The molecule has 0 aliphatic carbocycles. The van der Waals surface area contributed by atoms with Gasteiger partial charge in [0.1, 0.15) is 5.75 Å². The van der Waals surface area contributed by atoms with Gasteiger partial charge in [0.15, 0.2) is 6.61 Å². The van der Waals surface area contributed by atoms with Crippen LogP contribution in [0.3, 0.4) is 0 Å². The summed E-state index contributed by atoms with van der Waals surface area (Å²) >= 11 is 0. The minimum Gasteiger partial charge on any atom is -0.482 e. The number of nitrogens with zero attached hydrogens (tertiary/aromatic N) is 1. The third-order valence-electron chi connectivity index (χ3n) is 2.75. The van der Waals surface area contributed by atoms with E-state index in [2.05, 4.69) is 4.72 Å². The first-order valence-electron chi connectivity index (χ1n) is 6.28. The molecule has 0 unspecified atom stereocenters. The van der Waals surface area contributed by atoms with Crippen molar-refractivity contribution in [2.75, 3.05) is 37.6 Å². The SMILES string of the molecule is O=C(O)COc1cccc(NS(=O)(=O)N2CCOCC2)c1. The molecule has 0 atom stereocenters. The van der Waals surface area contributed by atoms with E-state index in [4.69, 9.17) is 14.6 Å². The molecule has 2 N–H and O–H groups in total. The highest BCUT2D eigenvalue weighted by atomic mass is 32.2. The number of rotatable bonds is 6. The predicted molar refractivity (Wildman–Crippen MR) is 74.5 cm³/mol. The van der Waals surface area contributed by atoms with Gasteiger partial charge in [-0.3, -0.25) is 4.72 Å². The summed E-state index contributed by atoms with van der Waals surface area (Å²) in [4.78, 5) is 10.4. The Morgan fingerprint density at radius 2 is 2.10 bits per heavy atom. The lowest BCUT2D eigenvalue weighted by molar-refractivity contribution is -0.139. The molecule has 1 aromatic rings. The first-order chi connectivity index (χ1) is 9.97. The number of morpholine rings is 1. The highest BCUT2D eigenvalue weighted by Crippen LogP contribution is 2.19. The Kier molecular flexibility index (Phi) is 4.99. The molecule has 0 bridgehead atoms. The predicted octanol–water partition coefficient (Wildman–Crippen LogP) is 0.139. The minimum atomic E-state index is -3.65. The Morgan fingerprint density at radius 3 is 2.76 bits per heavy atom. The molecule has 1 fully saturated rings. The van der Waals surface area contributed by atoms with Gasteiger partial charge < -0.3 is 14.6 Å². The van der Waals surface area contributed by atoms with Crippen molar-refractivity contribution < 1.29 is 27.8 Å². The smallest absolute Gasteiger partial charge is 0.341 e. The molecule has 2 rings (SSSR count). The van der Waals surface area contributed by atoms with Crippen LogP contribution in [0.2, 0.25) is 0 Å². The maximum Gasteiger partial charge on any atom is 0.341 e. The minimum absolute atomic E-state index is 0.277. The molecule has 1 aliphatic heterocycles. The maximum absolute atomic E-state index is 12.2. The second-order valence-corrected chi connectivity index (χ2v) is 6.00. The average Bonchev–Trinajstić information content (AvgIpc) is 2.46. The molecule has 8 nitrogen and oxygen atoms in total. The van der Waals surface area contributed by atoms with Crippen LogP contribution in [0.1, 0.15) is 0 Å².